The van der Waals surface area contributed by atoms with Gasteiger partial charge in [-0.2, -0.15) is 4.98 Å². The number of amides is 1. The second kappa shape index (κ2) is 10.3. The first-order valence-corrected chi connectivity index (χ1v) is 9.09. The van der Waals surface area contributed by atoms with Crippen LogP contribution >= 0.6 is 12.4 Å². The molecule has 27 heavy (non-hydrogen) atoms. The predicted molar refractivity (Wildman–Crippen MR) is 105 cm³/mol. The number of methoxy groups -OCH3 is 1. The molecule has 1 atom stereocenters. The average Bonchev–Trinajstić information content (AvgIpc) is 3.16. The van der Waals surface area contributed by atoms with E-state index in [9.17, 15) is 4.79 Å². The molecule has 1 aliphatic heterocycles. The van der Waals surface area contributed by atoms with E-state index in [0.717, 1.165) is 37.4 Å². The molecule has 1 N–H and O–H groups in total. The lowest BCUT2D eigenvalue weighted by Crippen LogP contribution is -2.42. The van der Waals surface area contributed by atoms with Gasteiger partial charge in [0.1, 0.15) is 5.75 Å². The molecule has 0 spiro atoms. The maximum atomic E-state index is 12.5. The second-order valence-electron chi connectivity index (χ2n) is 6.65. The minimum Gasteiger partial charge on any atom is -0.497 e. The van der Waals surface area contributed by atoms with Gasteiger partial charge in [-0.3, -0.25) is 4.79 Å². The van der Waals surface area contributed by atoms with Crippen molar-refractivity contribution in [2.75, 3.05) is 33.8 Å². The number of hydrogen-bond donors (Lipinski definition) is 1. The van der Waals surface area contributed by atoms with Crippen LogP contribution in [-0.2, 0) is 11.2 Å². The molecule has 0 saturated carbocycles. The van der Waals surface area contributed by atoms with Gasteiger partial charge in [0.25, 0.3) is 0 Å². The van der Waals surface area contributed by atoms with Gasteiger partial charge in [0.15, 0.2) is 0 Å². The predicted octanol–water partition coefficient (Wildman–Crippen LogP) is 2.56. The van der Waals surface area contributed by atoms with Crippen molar-refractivity contribution in [3.8, 4) is 17.1 Å². The van der Waals surface area contributed by atoms with Crippen molar-refractivity contribution in [1.82, 2.24) is 20.4 Å². The number of nitrogens with one attached hydrogen (secondary N) is 1. The number of aryl methyl sites for hydroxylation is 1. The molecule has 1 fully saturated rings. The van der Waals surface area contributed by atoms with Crippen LogP contribution in [0.15, 0.2) is 28.8 Å². The van der Waals surface area contributed by atoms with Crippen LogP contribution < -0.4 is 10.1 Å². The van der Waals surface area contributed by atoms with Crippen LogP contribution in [0.2, 0.25) is 0 Å². The third kappa shape index (κ3) is 5.68. The summed E-state index contributed by atoms with van der Waals surface area (Å²) >= 11 is 0. The van der Waals surface area contributed by atoms with Crippen LogP contribution in [0.4, 0.5) is 0 Å². The Morgan fingerprint density at radius 3 is 2.85 bits per heavy atom. The summed E-state index contributed by atoms with van der Waals surface area (Å²) in [5, 5.41) is 7.21. The normalized spacial score (nSPS) is 16.7. The summed E-state index contributed by atoms with van der Waals surface area (Å²) in [5.41, 5.74) is 0.859. The van der Waals surface area contributed by atoms with E-state index in [1.54, 1.807) is 7.11 Å². The quantitative estimate of drug-likeness (QED) is 0.777. The number of nitrogens with zero attached hydrogens (tertiary/aromatic N) is 3. The van der Waals surface area contributed by atoms with E-state index in [1.165, 1.54) is 6.42 Å². The van der Waals surface area contributed by atoms with Crippen LogP contribution in [0.25, 0.3) is 11.4 Å². The van der Waals surface area contributed by atoms with E-state index in [-0.39, 0.29) is 18.3 Å². The third-order valence-corrected chi connectivity index (χ3v) is 4.73. The lowest BCUT2D eigenvalue weighted by atomic mass is 9.97. The van der Waals surface area contributed by atoms with Gasteiger partial charge in [-0.15, -0.1) is 12.4 Å². The Labute approximate surface area is 165 Å². The first-order valence-electron chi connectivity index (χ1n) is 9.09. The Bertz CT molecular complexity index is 718. The number of rotatable bonds is 7. The van der Waals surface area contributed by atoms with E-state index < -0.39 is 0 Å². The first-order chi connectivity index (χ1) is 12.7. The molecule has 7 nitrogen and oxygen atoms in total. The minimum absolute atomic E-state index is 0. The van der Waals surface area contributed by atoms with Crippen LogP contribution in [0.5, 0.6) is 5.75 Å². The molecule has 2 heterocycles. The Morgan fingerprint density at radius 2 is 2.15 bits per heavy atom. The molecule has 148 valence electrons. The molecule has 0 bridgehead atoms. The lowest BCUT2D eigenvalue weighted by molar-refractivity contribution is -0.133. The SMILES string of the molecule is CNCC1CCCN(C(=O)CCc2nc(-c3ccc(OC)cc3)no2)C1.Cl. The summed E-state index contributed by atoms with van der Waals surface area (Å²) in [6.07, 6.45) is 3.12. The maximum Gasteiger partial charge on any atom is 0.227 e. The maximum absolute atomic E-state index is 12.5. The third-order valence-electron chi connectivity index (χ3n) is 4.73. The largest absolute Gasteiger partial charge is 0.497 e. The number of halogens is 1. The number of carbonyl (C=O) groups is 1. The van der Waals surface area contributed by atoms with Gasteiger partial charge in [-0.05, 0) is 56.6 Å². The summed E-state index contributed by atoms with van der Waals surface area (Å²) in [7, 11) is 3.58. The zero-order chi connectivity index (χ0) is 18.4. The van der Waals surface area contributed by atoms with Crippen molar-refractivity contribution in [3.63, 3.8) is 0 Å². The van der Waals surface area contributed by atoms with Crippen LogP contribution in [-0.4, -0.2) is 54.7 Å². The van der Waals surface area contributed by atoms with E-state index >= 15 is 0 Å². The van der Waals surface area contributed by atoms with Gasteiger partial charge in [-0.25, -0.2) is 0 Å². The topological polar surface area (TPSA) is 80.5 Å². The molecular formula is C19H27ClN4O3. The highest BCUT2D eigenvalue weighted by Crippen LogP contribution is 2.21. The highest BCUT2D eigenvalue weighted by Gasteiger charge is 2.23. The summed E-state index contributed by atoms with van der Waals surface area (Å²) in [5.74, 6) is 2.51. The smallest absolute Gasteiger partial charge is 0.227 e. The van der Waals surface area contributed by atoms with Gasteiger partial charge >= 0.3 is 0 Å². The lowest BCUT2D eigenvalue weighted by Gasteiger charge is -2.32. The Balaban J connectivity index is 0.00000261. The van der Waals surface area contributed by atoms with Gasteiger partial charge in [0, 0.05) is 31.5 Å². The van der Waals surface area contributed by atoms with Crippen LogP contribution in [0, 0.1) is 5.92 Å². The number of benzene rings is 1. The molecule has 0 radical (unpaired) electrons. The molecule has 1 aromatic heterocycles. The van der Waals surface area contributed by atoms with Crippen molar-refractivity contribution >= 4 is 18.3 Å². The number of ether oxygens (including phenoxy) is 1. The first kappa shape index (κ1) is 21.2. The molecule has 1 unspecified atom stereocenters. The van der Waals surface area contributed by atoms with Crippen molar-refractivity contribution in [2.45, 2.75) is 25.7 Å². The number of piperidine rings is 1. The molecule has 8 heteroatoms. The number of carbonyl (C=O) groups excluding carboxylic acids is 1. The Kier molecular flexibility index (Phi) is 8.06. The van der Waals surface area contributed by atoms with E-state index in [4.69, 9.17) is 9.26 Å². The zero-order valence-electron chi connectivity index (χ0n) is 15.8. The molecule has 2 aromatic rings. The van der Waals surface area contributed by atoms with Gasteiger partial charge < -0.3 is 19.5 Å². The van der Waals surface area contributed by atoms with E-state index in [2.05, 4.69) is 15.5 Å². The number of hydrogen-bond acceptors (Lipinski definition) is 6. The summed E-state index contributed by atoms with van der Waals surface area (Å²) in [6, 6.07) is 7.47. The highest BCUT2D eigenvalue weighted by molar-refractivity contribution is 5.85. The fourth-order valence-corrected chi connectivity index (χ4v) is 3.33. The van der Waals surface area contributed by atoms with E-state index in [1.807, 2.05) is 36.2 Å². The minimum atomic E-state index is 0. The summed E-state index contributed by atoms with van der Waals surface area (Å²) in [6.45, 7) is 2.64. The Hall–Kier alpha value is -2.12. The fraction of sp³-hybridized carbons (Fsp3) is 0.526. The average molecular weight is 395 g/mol. The number of aromatic nitrogens is 2. The van der Waals surface area contributed by atoms with Crippen molar-refractivity contribution < 1.29 is 14.1 Å². The standard InChI is InChI=1S/C19H26N4O3.ClH/c1-20-12-14-4-3-11-23(13-14)18(24)10-9-17-21-19(22-26-17)15-5-7-16(25-2)8-6-15;/h5-8,14,20H,3-4,9-13H2,1-2H3;1H. The van der Waals surface area contributed by atoms with Crippen LogP contribution in [0.3, 0.4) is 0 Å². The summed E-state index contributed by atoms with van der Waals surface area (Å²) in [4.78, 5) is 18.8. The van der Waals surface area contributed by atoms with E-state index in [0.29, 0.717) is 30.5 Å². The zero-order valence-corrected chi connectivity index (χ0v) is 16.6. The van der Waals surface area contributed by atoms with Crippen molar-refractivity contribution in [2.24, 2.45) is 5.92 Å². The Morgan fingerprint density at radius 1 is 1.37 bits per heavy atom. The number of likely N-dealkylation sites (tertiary alicyclic amines) is 1. The van der Waals surface area contributed by atoms with Gasteiger partial charge in [-0.1, -0.05) is 5.16 Å². The van der Waals surface area contributed by atoms with Crippen molar-refractivity contribution in [3.05, 3.63) is 30.2 Å². The molecule has 3 rings (SSSR count). The van der Waals surface area contributed by atoms with Crippen molar-refractivity contribution in [1.29, 1.82) is 0 Å². The molecule has 1 aromatic carbocycles. The highest BCUT2D eigenvalue weighted by atomic mass is 35.5. The summed E-state index contributed by atoms with van der Waals surface area (Å²) < 4.78 is 10.4. The van der Waals surface area contributed by atoms with Gasteiger partial charge in [0.05, 0.1) is 7.11 Å². The molecule has 1 saturated heterocycles. The van der Waals surface area contributed by atoms with Gasteiger partial charge in [0.2, 0.25) is 17.6 Å². The molecule has 0 aliphatic carbocycles. The fourth-order valence-electron chi connectivity index (χ4n) is 3.33. The second-order valence-corrected chi connectivity index (χ2v) is 6.65. The van der Waals surface area contributed by atoms with Crippen LogP contribution in [0.1, 0.15) is 25.2 Å². The monoisotopic (exact) mass is 394 g/mol. The molecule has 1 aliphatic rings. The molecule has 1 amide bonds. The molecular weight excluding hydrogens is 368 g/mol.